The van der Waals surface area contributed by atoms with Crippen LogP contribution in [0.15, 0.2) is 29.2 Å². The molecule has 0 saturated carbocycles. The molecular formula is C27H36BN3O4. The number of rotatable bonds is 5. The summed E-state index contributed by atoms with van der Waals surface area (Å²) in [5, 5.41) is 3.97. The predicted molar refractivity (Wildman–Crippen MR) is 140 cm³/mol. The highest BCUT2D eigenvalue weighted by atomic mass is 16.7. The number of pyridine rings is 1. The van der Waals surface area contributed by atoms with Crippen LogP contribution in [0.5, 0.6) is 0 Å². The van der Waals surface area contributed by atoms with Crippen molar-refractivity contribution in [1.82, 2.24) is 14.9 Å². The van der Waals surface area contributed by atoms with E-state index in [-0.39, 0.29) is 23.9 Å². The Hall–Kier alpha value is -2.84. The molecular weight excluding hydrogens is 441 g/mol. The maximum Gasteiger partial charge on any atom is 0.494 e. The van der Waals surface area contributed by atoms with Gasteiger partial charge < -0.3 is 24.2 Å². The molecule has 0 bridgehead atoms. The summed E-state index contributed by atoms with van der Waals surface area (Å²) in [6.07, 6.45) is 2.08. The molecule has 0 spiro atoms. The highest BCUT2D eigenvalue weighted by molar-refractivity contribution is 6.62. The predicted octanol–water partition coefficient (Wildman–Crippen LogP) is 3.84. The van der Waals surface area contributed by atoms with Crippen molar-refractivity contribution in [2.45, 2.75) is 79.1 Å². The normalized spacial score (nSPS) is 16.9. The number of aryl methyl sites for hydroxylation is 3. The lowest BCUT2D eigenvalue weighted by Gasteiger charge is -2.32. The number of carbonyl (C=O) groups is 1. The van der Waals surface area contributed by atoms with Crippen LogP contribution in [0.4, 0.5) is 0 Å². The maximum absolute atomic E-state index is 13.6. The Balaban J connectivity index is 1.78. The molecule has 7 nitrogen and oxygen atoms in total. The van der Waals surface area contributed by atoms with Gasteiger partial charge in [-0.15, -0.1) is 0 Å². The Bertz CT molecular complexity index is 1350. The molecule has 1 aromatic carbocycles. The Morgan fingerprint density at radius 3 is 2.31 bits per heavy atom. The SMILES string of the molecule is Cc1cc(C)c(CNC(=O)c2cc(B3OC(C)(C)C(C)(C)O3)cc3c(C(C)C)cn(C)c23)c(=O)[nH]1. The van der Waals surface area contributed by atoms with Crippen LogP contribution >= 0.6 is 0 Å². The molecule has 3 heterocycles. The van der Waals surface area contributed by atoms with E-state index < -0.39 is 18.3 Å². The van der Waals surface area contributed by atoms with Crippen LogP contribution in [0.1, 0.15) is 80.2 Å². The highest BCUT2D eigenvalue weighted by Gasteiger charge is 2.52. The van der Waals surface area contributed by atoms with E-state index in [1.54, 1.807) is 0 Å². The number of aromatic amines is 1. The smallest absolute Gasteiger partial charge is 0.399 e. The van der Waals surface area contributed by atoms with E-state index in [9.17, 15) is 9.59 Å². The second-order valence-corrected chi connectivity index (χ2v) is 11.0. The zero-order chi connectivity index (χ0) is 25.9. The number of nitrogens with one attached hydrogen (secondary N) is 2. The van der Waals surface area contributed by atoms with Crippen molar-refractivity contribution in [3.05, 3.63) is 62.7 Å². The zero-order valence-corrected chi connectivity index (χ0v) is 22.3. The second-order valence-electron chi connectivity index (χ2n) is 11.0. The standard InChI is InChI=1S/C27H36BN3O4/c1-15(2)22-14-31(9)23-19(22)11-18(28-34-26(5,6)27(7,8)35-28)12-20(23)24(32)29-13-21-16(3)10-17(4)30-25(21)33/h10-12,14-15H,13H2,1-9H3,(H,29,32)(H,30,33). The fourth-order valence-corrected chi connectivity index (χ4v) is 4.71. The van der Waals surface area contributed by atoms with Gasteiger partial charge in [-0.1, -0.05) is 19.9 Å². The molecule has 0 aliphatic carbocycles. The second kappa shape index (κ2) is 8.68. The van der Waals surface area contributed by atoms with Crippen molar-refractivity contribution < 1.29 is 14.1 Å². The quantitative estimate of drug-likeness (QED) is 0.547. The molecule has 1 saturated heterocycles. The molecule has 0 radical (unpaired) electrons. The van der Waals surface area contributed by atoms with Gasteiger partial charge in [-0.25, -0.2) is 0 Å². The van der Waals surface area contributed by atoms with E-state index in [2.05, 4.69) is 36.4 Å². The fourth-order valence-electron chi connectivity index (χ4n) is 4.71. The van der Waals surface area contributed by atoms with Gasteiger partial charge in [0, 0.05) is 36.4 Å². The lowest BCUT2D eigenvalue weighted by Crippen LogP contribution is -2.41. The molecule has 3 aromatic rings. The van der Waals surface area contributed by atoms with E-state index in [0.29, 0.717) is 11.1 Å². The first-order chi connectivity index (χ1) is 16.2. The summed E-state index contributed by atoms with van der Waals surface area (Å²) in [6.45, 7) is 16.2. The van der Waals surface area contributed by atoms with Crippen molar-refractivity contribution in [3.8, 4) is 0 Å². The third-order valence-corrected chi connectivity index (χ3v) is 7.44. The van der Waals surface area contributed by atoms with Crippen molar-refractivity contribution >= 4 is 29.4 Å². The average molecular weight is 477 g/mol. The molecule has 2 N–H and O–H groups in total. The molecule has 1 aliphatic rings. The molecule has 1 aliphatic heterocycles. The molecule has 2 aromatic heterocycles. The number of carbonyl (C=O) groups excluding carboxylic acids is 1. The minimum atomic E-state index is -0.585. The Labute approximate surface area is 207 Å². The number of benzene rings is 1. The van der Waals surface area contributed by atoms with Crippen molar-refractivity contribution in [3.63, 3.8) is 0 Å². The molecule has 1 fully saturated rings. The van der Waals surface area contributed by atoms with Gasteiger partial charge >= 0.3 is 7.12 Å². The Kier molecular flexibility index (Phi) is 6.26. The third-order valence-electron chi connectivity index (χ3n) is 7.44. The lowest BCUT2D eigenvalue weighted by molar-refractivity contribution is 0.00578. The van der Waals surface area contributed by atoms with E-state index in [1.807, 2.05) is 65.3 Å². The topological polar surface area (TPSA) is 85.3 Å². The summed E-state index contributed by atoms with van der Waals surface area (Å²) in [4.78, 5) is 28.8. The molecule has 4 rings (SSSR count). The van der Waals surface area contributed by atoms with Gasteiger partial charge in [-0.05, 0) is 76.2 Å². The van der Waals surface area contributed by atoms with Gasteiger partial charge in [0.15, 0.2) is 0 Å². The van der Waals surface area contributed by atoms with Crippen LogP contribution in [0.25, 0.3) is 10.9 Å². The average Bonchev–Trinajstić information content (AvgIpc) is 3.18. The van der Waals surface area contributed by atoms with Crippen LogP contribution in [-0.2, 0) is 22.9 Å². The molecule has 0 unspecified atom stereocenters. The van der Waals surface area contributed by atoms with Gasteiger partial charge in [0.2, 0.25) is 0 Å². The summed E-state index contributed by atoms with van der Waals surface area (Å²) in [5.74, 6) is 0.0289. The first kappa shape index (κ1) is 25.3. The molecule has 186 valence electrons. The minimum absolute atomic E-state index is 0.143. The lowest BCUT2D eigenvalue weighted by atomic mass is 9.77. The van der Waals surface area contributed by atoms with Gasteiger partial charge in [-0.2, -0.15) is 0 Å². The van der Waals surface area contributed by atoms with Crippen molar-refractivity contribution in [2.24, 2.45) is 7.05 Å². The number of amides is 1. The molecule has 35 heavy (non-hydrogen) atoms. The maximum atomic E-state index is 13.6. The first-order valence-corrected chi connectivity index (χ1v) is 12.2. The van der Waals surface area contributed by atoms with Crippen LogP contribution < -0.4 is 16.3 Å². The third kappa shape index (κ3) is 4.45. The number of aromatic nitrogens is 2. The molecule has 8 heteroatoms. The van der Waals surface area contributed by atoms with E-state index in [4.69, 9.17) is 9.31 Å². The molecule has 0 atom stereocenters. The van der Waals surface area contributed by atoms with Crippen LogP contribution in [0.3, 0.4) is 0 Å². The van der Waals surface area contributed by atoms with Crippen LogP contribution in [0.2, 0.25) is 0 Å². The van der Waals surface area contributed by atoms with Gasteiger partial charge in [0.05, 0.1) is 22.3 Å². The monoisotopic (exact) mass is 477 g/mol. The fraction of sp³-hybridized carbons (Fsp3) is 0.481. The Morgan fingerprint density at radius 2 is 1.74 bits per heavy atom. The summed E-state index contributed by atoms with van der Waals surface area (Å²) < 4.78 is 14.6. The Morgan fingerprint density at radius 1 is 1.11 bits per heavy atom. The number of nitrogens with zero attached hydrogens (tertiary/aromatic N) is 1. The minimum Gasteiger partial charge on any atom is -0.399 e. The highest BCUT2D eigenvalue weighted by Crippen LogP contribution is 2.37. The van der Waals surface area contributed by atoms with Gasteiger partial charge in [0.25, 0.3) is 11.5 Å². The van der Waals surface area contributed by atoms with Crippen molar-refractivity contribution in [2.75, 3.05) is 0 Å². The number of hydrogen-bond donors (Lipinski definition) is 2. The van der Waals surface area contributed by atoms with Crippen LogP contribution in [-0.4, -0.2) is 33.8 Å². The summed E-state index contributed by atoms with van der Waals surface area (Å²) in [5.41, 5.74) is 4.38. The van der Waals surface area contributed by atoms with E-state index in [0.717, 1.165) is 33.2 Å². The van der Waals surface area contributed by atoms with Crippen LogP contribution in [0, 0.1) is 13.8 Å². The summed E-state index contributed by atoms with van der Waals surface area (Å²) in [7, 11) is 1.37. The van der Waals surface area contributed by atoms with E-state index >= 15 is 0 Å². The number of hydrogen-bond acceptors (Lipinski definition) is 4. The number of fused-ring (bicyclic) bond motifs is 1. The first-order valence-electron chi connectivity index (χ1n) is 12.2. The summed E-state index contributed by atoms with van der Waals surface area (Å²) >= 11 is 0. The largest absolute Gasteiger partial charge is 0.494 e. The van der Waals surface area contributed by atoms with Gasteiger partial charge in [0.1, 0.15) is 0 Å². The van der Waals surface area contributed by atoms with Crippen molar-refractivity contribution in [1.29, 1.82) is 0 Å². The molecule has 1 amide bonds. The number of H-pyrrole nitrogens is 1. The zero-order valence-electron chi connectivity index (χ0n) is 22.3. The van der Waals surface area contributed by atoms with E-state index in [1.165, 1.54) is 0 Å². The summed E-state index contributed by atoms with van der Waals surface area (Å²) in [6, 6.07) is 5.85. The van der Waals surface area contributed by atoms with Gasteiger partial charge in [-0.3, -0.25) is 9.59 Å².